The van der Waals surface area contributed by atoms with Crippen LogP contribution in [0.15, 0.2) is 35.7 Å². The van der Waals surface area contributed by atoms with Gasteiger partial charge in [0.25, 0.3) is 0 Å². The highest BCUT2D eigenvalue weighted by Crippen LogP contribution is 2.45. The molecule has 318 valence electrons. The van der Waals surface area contributed by atoms with Gasteiger partial charge in [-0.2, -0.15) is 10.5 Å². The Hall–Kier alpha value is -5.80. The minimum atomic E-state index is -0.629. The molecule has 0 spiro atoms. The average molecular weight is 815 g/mol. The van der Waals surface area contributed by atoms with Crippen LogP contribution < -0.4 is 11.1 Å². The van der Waals surface area contributed by atoms with E-state index in [-0.39, 0.29) is 20.4 Å². The molecule has 3 N–H and O–H groups in total. The number of nitrogens with two attached hydrogens (primary N) is 1. The molecule has 2 unspecified atom stereocenters. The smallest absolute Gasteiger partial charge is 0.101 e. The van der Waals surface area contributed by atoms with Crippen LogP contribution in [0.1, 0.15) is 129 Å². The van der Waals surface area contributed by atoms with E-state index in [0.29, 0.717) is 11.1 Å². The Kier molecular flexibility index (Phi) is 12.3. The first-order chi connectivity index (χ1) is 27.7. The van der Waals surface area contributed by atoms with Crippen LogP contribution in [0.5, 0.6) is 0 Å². The van der Waals surface area contributed by atoms with E-state index in [0.717, 1.165) is 63.4 Å². The van der Waals surface area contributed by atoms with Gasteiger partial charge >= 0.3 is 0 Å². The summed E-state index contributed by atoms with van der Waals surface area (Å²) >= 11 is 0. The van der Waals surface area contributed by atoms with Crippen molar-refractivity contribution in [1.29, 1.82) is 10.5 Å². The summed E-state index contributed by atoms with van der Waals surface area (Å²) in [6.07, 6.45) is 10.2. The van der Waals surface area contributed by atoms with Crippen molar-refractivity contribution in [3.63, 3.8) is 0 Å². The van der Waals surface area contributed by atoms with E-state index in [2.05, 4.69) is 133 Å². The van der Waals surface area contributed by atoms with Crippen LogP contribution in [0.4, 0.5) is 0 Å². The van der Waals surface area contributed by atoms with Crippen molar-refractivity contribution in [2.24, 2.45) is 19.8 Å². The number of aromatic nitrogens is 4. The number of rotatable bonds is 5. The van der Waals surface area contributed by atoms with Crippen molar-refractivity contribution in [3.05, 3.63) is 136 Å². The fourth-order valence-corrected chi connectivity index (χ4v) is 10.3. The third-order valence-corrected chi connectivity index (χ3v) is 14.3. The molecule has 0 bridgehead atoms. The third kappa shape index (κ3) is 6.82. The Labute approximate surface area is 364 Å². The number of nitrogens with zero attached hydrogens (tertiary/aromatic N) is 6. The Morgan fingerprint density at radius 3 is 1.43 bits per heavy atom. The fraction of sp³-hybridized carbons (Fsp3) is 0.396. The molecule has 2 atom stereocenters. The Morgan fingerprint density at radius 2 is 1.00 bits per heavy atom. The monoisotopic (exact) mass is 815 g/mol. The van der Waals surface area contributed by atoms with E-state index in [9.17, 15) is 10.5 Å². The number of aryl methyl sites for hydroxylation is 6. The lowest BCUT2D eigenvalue weighted by molar-refractivity contribution is 0.469. The first-order valence-electron chi connectivity index (χ1n) is 20.6. The summed E-state index contributed by atoms with van der Waals surface area (Å²) in [6, 6.07) is 9.05. The predicted octanol–water partition coefficient (Wildman–Crippen LogP) is 11.1. The summed E-state index contributed by atoms with van der Waals surface area (Å²) in [6.45, 7) is 25.5. The standard InChI is InChI=1S/C26H30N4.C25H28N4.2CH4/c1-14-15(2)24(20-9-10-30(8)25(20)16(14)3)26(6,28-7)19-11-21-17(4)22(13-27)18(5)29-23(21)12-19;1-13-14(2)23(19-8-9-29(7)24(19)15(13)3)25(6,27)18-10-20-16(4)21(12-26)17(5)28-22(20)11-18;;/h9-11,28H,12H2,1-8H3;8-10H,11,27H2,1-7H3;2*1H4. The van der Waals surface area contributed by atoms with Crippen molar-refractivity contribution in [2.75, 3.05) is 7.05 Å². The number of hydrogen-bond acceptors (Lipinski definition) is 6. The average Bonchev–Trinajstić information content (AvgIpc) is 3.99. The summed E-state index contributed by atoms with van der Waals surface area (Å²) < 4.78 is 4.41. The van der Waals surface area contributed by atoms with Crippen LogP contribution in [0.2, 0.25) is 0 Å². The SMILES string of the molecule is C.C.CNC(C)(C1=Cc2c(nc(C)c(C#N)c2C)C1)c1c(C)c(C)c(C)c2c1ccn2C.Cc1nc2c(c(C)c1C#N)C=C(C(C)(N)c1c(C)c(C)c(C)c3c1ccn3C)C2. The molecule has 6 aromatic rings. The molecule has 8 nitrogen and oxygen atoms in total. The van der Waals surface area contributed by atoms with Gasteiger partial charge in [-0.1, -0.05) is 27.0 Å². The van der Waals surface area contributed by atoms with E-state index < -0.39 is 5.54 Å². The first-order valence-corrected chi connectivity index (χ1v) is 20.6. The van der Waals surface area contributed by atoms with E-state index >= 15 is 0 Å². The summed E-state index contributed by atoms with van der Waals surface area (Å²) in [5.41, 5.74) is 30.8. The van der Waals surface area contributed by atoms with Crippen molar-refractivity contribution in [1.82, 2.24) is 24.4 Å². The summed E-state index contributed by atoms with van der Waals surface area (Å²) in [4.78, 5) is 9.52. The fourth-order valence-electron chi connectivity index (χ4n) is 10.3. The van der Waals surface area contributed by atoms with E-state index in [4.69, 9.17) is 15.7 Å². The van der Waals surface area contributed by atoms with Crippen LogP contribution in [0, 0.1) is 91.9 Å². The molecule has 2 aliphatic carbocycles. The molecule has 0 fully saturated rings. The maximum atomic E-state index is 9.57. The maximum Gasteiger partial charge on any atom is 0.101 e. The van der Waals surface area contributed by atoms with Gasteiger partial charge in [0.2, 0.25) is 0 Å². The van der Waals surface area contributed by atoms with Crippen LogP contribution in [-0.2, 0) is 38.0 Å². The van der Waals surface area contributed by atoms with Crippen molar-refractivity contribution in [3.8, 4) is 12.1 Å². The second-order valence-electron chi connectivity index (χ2n) is 17.5. The molecule has 2 aromatic carbocycles. The highest BCUT2D eigenvalue weighted by Gasteiger charge is 2.38. The number of pyridine rings is 2. The van der Waals surface area contributed by atoms with E-state index in [1.54, 1.807) is 0 Å². The van der Waals surface area contributed by atoms with Crippen LogP contribution in [-0.4, -0.2) is 26.1 Å². The lowest BCUT2D eigenvalue weighted by Gasteiger charge is -2.35. The van der Waals surface area contributed by atoms with Gasteiger partial charge in [-0.25, -0.2) is 0 Å². The van der Waals surface area contributed by atoms with Gasteiger partial charge in [-0.3, -0.25) is 9.97 Å². The number of nitrogens with one attached hydrogen (secondary N) is 1. The summed E-state index contributed by atoms with van der Waals surface area (Å²) in [5, 5.41) is 25.2. The number of benzene rings is 2. The lowest BCUT2D eigenvalue weighted by Crippen LogP contribution is -2.40. The molecule has 0 saturated carbocycles. The lowest BCUT2D eigenvalue weighted by atomic mass is 9.77. The third-order valence-electron chi connectivity index (χ3n) is 14.3. The number of likely N-dealkylation sites (N-methyl/N-ethyl adjacent to an activating group) is 1. The van der Waals surface area contributed by atoms with E-state index in [1.807, 2.05) is 34.7 Å². The normalized spacial score (nSPS) is 14.7. The second kappa shape index (κ2) is 16.2. The van der Waals surface area contributed by atoms with Crippen LogP contribution in [0.3, 0.4) is 0 Å². The van der Waals surface area contributed by atoms with Crippen LogP contribution >= 0.6 is 0 Å². The van der Waals surface area contributed by atoms with Gasteiger partial charge in [0.1, 0.15) is 12.1 Å². The molecule has 4 heterocycles. The minimum Gasteiger partial charge on any atom is -0.350 e. The second-order valence-corrected chi connectivity index (χ2v) is 17.5. The molecule has 0 radical (unpaired) electrons. The Morgan fingerprint density at radius 1 is 0.607 bits per heavy atom. The largest absolute Gasteiger partial charge is 0.350 e. The van der Waals surface area contributed by atoms with Gasteiger partial charge in [0, 0.05) is 61.2 Å². The summed E-state index contributed by atoms with van der Waals surface area (Å²) in [5.74, 6) is 0. The number of fused-ring (bicyclic) bond motifs is 4. The molecule has 4 aromatic heterocycles. The molecule has 61 heavy (non-hydrogen) atoms. The van der Waals surface area contributed by atoms with Gasteiger partial charge in [-0.05, 0) is 169 Å². The zero-order chi connectivity index (χ0) is 43.2. The zero-order valence-electron chi connectivity index (χ0n) is 37.6. The zero-order valence-corrected chi connectivity index (χ0v) is 37.6. The molecule has 8 rings (SSSR count). The van der Waals surface area contributed by atoms with Gasteiger partial charge in [-0.15, -0.1) is 0 Å². The highest BCUT2D eigenvalue weighted by molar-refractivity contribution is 5.92. The first kappa shape index (κ1) is 46.3. The number of nitriles is 2. The molecular weight excluding hydrogens is 749 g/mol. The quantitative estimate of drug-likeness (QED) is 0.179. The topological polar surface area (TPSA) is 121 Å². The Bertz CT molecular complexity index is 2950. The van der Waals surface area contributed by atoms with Gasteiger partial charge in [0.15, 0.2) is 0 Å². The van der Waals surface area contributed by atoms with Crippen molar-refractivity contribution < 1.29 is 0 Å². The van der Waals surface area contributed by atoms with Crippen molar-refractivity contribution in [2.45, 2.75) is 122 Å². The molecule has 0 aliphatic heterocycles. The van der Waals surface area contributed by atoms with Crippen molar-refractivity contribution >= 4 is 34.0 Å². The number of hydrogen-bond donors (Lipinski definition) is 2. The molecule has 0 saturated heterocycles. The predicted molar refractivity (Wildman–Crippen MR) is 256 cm³/mol. The summed E-state index contributed by atoms with van der Waals surface area (Å²) in [7, 11) is 6.25. The molecule has 8 heteroatoms. The highest BCUT2D eigenvalue weighted by atomic mass is 15.0. The van der Waals surface area contributed by atoms with Gasteiger partial charge < -0.3 is 20.2 Å². The molecular formula is C53H66N8. The Balaban J connectivity index is 0.000000224. The van der Waals surface area contributed by atoms with Gasteiger partial charge in [0.05, 0.1) is 56.0 Å². The minimum absolute atomic E-state index is 0. The maximum absolute atomic E-state index is 9.57. The van der Waals surface area contributed by atoms with Crippen LogP contribution in [0.25, 0.3) is 34.0 Å². The van der Waals surface area contributed by atoms with E-state index in [1.165, 1.54) is 71.9 Å². The molecule has 2 aliphatic rings. The molecule has 0 amide bonds.